The second-order valence-electron chi connectivity index (χ2n) is 8.65. The minimum Gasteiger partial charge on any atom is -0.477 e. The van der Waals surface area contributed by atoms with Gasteiger partial charge in [-0.05, 0) is 18.4 Å². The Bertz CT molecular complexity index is 1580. The third kappa shape index (κ3) is 5.39. The number of nitrogens with one attached hydrogen (secondary N) is 3. The van der Waals surface area contributed by atoms with Crippen LogP contribution in [0.2, 0.25) is 0 Å². The molecule has 0 unspecified atom stereocenters. The number of carboxylic acids is 1. The molecule has 0 bridgehead atoms. The van der Waals surface area contributed by atoms with E-state index < -0.39 is 40.3 Å². The Hall–Kier alpha value is -3.97. The molecule has 210 valence electrons. The fourth-order valence-corrected chi connectivity index (χ4v) is 6.81. The van der Waals surface area contributed by atoms with E-state index in [9.17, 15) is 33.9 Å². The first-order valence-corrected chi connectivity index (χ1v) is 14.5. The van der Waals surface area contributed by atoms with Crippen LogP contribution in [0.4, 0.5) is 5.13 Å². The number of nitrogens with zero attached hydrogens (tertiary/aromatic N) is 5. The number of carbonyl (C=O) groups is 4. The molecule has 2 atom stereocenters. The summed E-state index contributed by atoms with van der Waals surface area (Å²) in [6, 6.07) is -1.03. The van der Waals surface area contributed by atoms with Gasteiger partial charge in [0.05, 0.1) is 0 Å². The number of oxime groups is 1. The van der Waals surface area contributed by atoms with Gasteiger partial charge in [0.2, 0.25) is 6.41 Å². The molecule has 40 heavy (non-hydrogen) atoms. The summed E-state index contributed by atoms with van der Waals surface area (Å²) in [6.07, 6.45) is 1.92. The van der Waals surface area contributed by atoms with Crippen LogP contribution in [-0.4, -0.2) is 88.7 Å². The molecule has 1 saturated carbocycles. The number of hydrogen-bond acceptors (Lipinski definition) is 13. The molecule has 16 nitrogen and oxygen atoms in total. The van der Waals surface area contributed by atoms with Crippen molar-refractivity contribution in [2.75, 3.05) is 16.8 Å². The average molecular weight is 609 g/mol. The van der Waals surface area contributed by atoms with Crippen LogP contribution in [0.5, 0.6) is 0 Å². The van der Waals surface area contributed by atoms with Gasteiger partial charge in [0.25, 0.3) is 11.8 Å². The molecule has 0 aromatic carbocycles. The second-order valence-corrected chi connectivity index (χ2v) is 11.6. The number of rotatable bonds is 11. The number of thiazole rings is 1. The van der Waals surface area contributed by atoms with Gasteiger partial charge in [0, 0.05) is 23.9 Å². The summed E-state index contributed by atoms with van der Waals surface area (Å²) in [5.74, 6) is -2.37. The Labute approximate surface area is 236 Å². The number of thioether (sulfide) groups is 2. The highest BCUT2D eigenvalue weighted by atomic mass is 32.2. The van der Waals surface area contributed by atoms with Crippen LogP contribution in [-0.2, 0) is 31.1 Å². The van der Waals surface area contributed by atoms with Gasteiger partial charge in [-0.25, -0.2) is 14.9 Å². The Kier molecular flexibility index (Phi) is 7.76. The number of carbonyl (C=O) groups excluding carboxylic acids is 3. The van der Waals surface area contributed by atoms with Crippen molar-refractivity contribution in [3.63, 3.8) is 0 Å². The highest BCUT2D eigenvalue weighted by Gasteiger charge is 2.54. The molecular formula is C21H20N8O8S3. The Balaban J connectivity index is 1.32. The number of β-lactam (4-membered cyclic amide) rings is 1. The summed E-state index contributed by atoms with van der Waals surface area (Å²) in [5.41, 5.74) is -1.53. The van der Waals surface area contributed by atoms with Crippen molar-refractivity contribution >= 4 is 69.9 Å². The predicted octanol–water partition coefficient (Wildman–Crippen LogP) is -1.09. The minimum absolute atomic E-state index is 0.0881. The number of fused-ring (bicyclic) bond motifs is 1. The average Bonchev–Trinajstić information content (AvgIpc) is 3.65. The number of aliphatic carboxylic acids is 1. The molecule has 4 heterocycles. The Morgan fingerprint density at radius 2 is 2.12 bits per heavy atom. The van der Waals surface area contributed by atoms with Crippen LogP contribution < -0.4 is 21.8 Å². The van der Waals surface area contributed by atoms with E-state index in [1.165, 1.54) is 24.2 Å². The van der Waals surface area contributed by atoms with Gasteiger partial charge in [-0.2, -0.15) is 0 Å². The van der Waals surface area contributed by atoms with Crippen LogP contribution in [0.1, 0.15) is 18.5 Å². The van der Waals surface area contributed by atoms with Crippen LogP contribution in [0.25, 0.3) is 0 Å². The van der Waals surface area contributed by atoms with Crippen molar-refractivity contribution in [1.29, 1.82) is 0 Å². The van der Waals surface area contributed by atoms with Gasteiger partial charge in [-0.15, -0.1) is 28.2 Å². The quantitative estimate of drug-likeness (QED) is 0.0597. The van der Waals surface area contributed by atoms with Crippen molar-refractivity contribution in [3.05, 3.63) is 43.1 Å². The molecule has 19 heteroatoms. The SMILES string of the molecule is Cn1c(SCC2=C(C(=O)O)N3C(=O)[C@@H](NC(=O)C(=NOC4CC4)c4csc(NC=O)n4)[C@@H]3SC2)n[nH]c(=O)c1=O. The highest BCUT2D eigenvalue weighted by molar-refractivity contribution is 8.01. The molecule has 3 amide bonds. The smallest absolute Gasteiger partial charge is 0.352 e. The van der Waals surface area contributed by atoms with Gasteiger partial charge in [-0.1, -0.05) is 16.9 Å². The summed E-state index contributed by atoms with van der Waals surface area (Å²) in [7, 11) is 1.37. The molecule has 4 N–H and O–H groups in total. The first-order valence-electron chi connectivity index (χ1n) is 11.6. The fraction of sp³-hybridized carbons (Fsp3) is 0.381. The lowest BCUT2D eigenvalue weighted by atomic mass is 10.0. The van der Waals surface area contributed by atoms with Gasteiger partial charge >= 0.3 is 17.1 Å². The number of H-pyrrole nitrogens is 1. The number of hydrogen-bond donors (Lipinski definition) is 4. The standard InChI is InChI=1S/C21H20N8O8S3/c1-28-17(34)15(32)25-26-21(28)40-5-8-4-38-18-12(16(33)29(18)13(8)19(35)36)24-14(31)11(27-37-9-2-3-9)10-6-39-20(23-10)22-7-30/h6-7,9,12,18H,2-5H2,1H3,(H,24,31)(H,25,32)(H,35,36)(H,22,23,30)/t12-,18+/m1/s1. The van der Waals surface area contributed by atoms with Crippen LogP contribution in [0.15, 0.2) is 36.6 Å². The minimum atomic E-state index is -1.32. The maximum absolute atomic E-state index is 13.2. The molecule has 2 fully saturated rings. The summed E-state index contributed by atoms with van der Waals surface area (Å²) >= 11 is 3.37. The highest BCUT2D eigenvalue weighted by Crippen LogP contribution is 2.41. The van der Waals surface area contributed by atoms with E-state index in [-0.39, 0.29) is 45.0 Å². The van der Waals surface area contributed by atoms with E-state index in [2.05, 4.69) is 31.0 Å². The lowest BCUT2D eigenvalue weighted by Gasteiger charge is -2.49. The fourth-order valence-electron chi connectivity index (χ4n) is 3.75. The molecular weight excluding hydrogens is 588 g/mol. The second kappa shape index (κ2) is 11.3. The molecule has 2 aromatic heterocycles. The van der Waals surface area contributed by atoms with E-state index in [4.69, 9.17) is 4.84 Å². The van der Waals surface area contributed by atoms with E-state index in [0.29, 0.717) is 12.0 Å². The number of anilines is 1. The molecule has 1 aliphatic carbocycles. The van der Waals surface area contributed by atoms with Gasteiger partial charge in [0.1, 0.15) is 28.9 Å². The molecule has 3 aliphatic rings. The molecule has 0 radical (unpaired) electrons. The molecule has 2 aliphatic heterocycles. The molecule has 5 rings (SSSR count). The van der Waals surface area contributed by atoms with E-state index in [1.54, 1.807) is 0 Å². The third-order valence-corrected chi connectivity index (χ3v) is 9.14. The van der Waals surface area contributed by atoms with Crippen molar-refractivity contribution < 1.29 is 29.1 Å². The molecule has 0 spiro atoms. The van der Waals surface area contributed by atoms with Crippen molar-refractivity contribution in [2.45, 2.75) is 35.5 Å². The van der Waals surface area contributed by atoms with Gasteiger partial charge in [-0.3, -0.25) is 33.4 Å². The predicted molar refractivity (Wildman–Crippen MR) is 143 cm³/mol. The first-order chi connectivity index (χ1) is 19.2. The van der Waals surface area contributed by atoms with Crippen LogP contribution in [0.3, 0.4) is 0 Å². The normalized spacial score (nSPS) is 20.5. The Morgan fingerprint density at radius 3 is 2.83 bits per heavy atom. The lowest BCUT2D eigenvalue weighted by molar-refractivity contribution is -0.150. The summed E-state index contributed by atoms with van der Waals surface area (Å²) < 4.78 is 1.05. The lowest BCUT2D eigenvalue weighted by Crippen LogP contribution is -2.71. The van der Waals surface area contributed by atoms with Crippen molar-refractivity contribution in [1.82, 2.24) is 30.0 Å². The summed E-state index contributed by atoms with van der Waals surface area (Å²) in [5, 5.41) is 26.0. The Morgan fingerprint density at radius 1 is 1.35 bits per heavy atom. The summed E-state index contributed by atoms with van der Waals surface area (Å²) in [6.45, 7) is 0. The van der Waals surface area contributed by atoms with Crippen molar-refractivity contribution in [2.24, 2.45) is 12.2 Å². The van der Waals surface area contributed by atoms with E-state index >= 15 is 0 Å². The third-order valence-electron chi connectivity index (χ3n) is 5.91. The van der Waals surface area contributed by atoms with Gasteiger partial charge < -0.3 is 20.6 Å². The van der Waals surface area contributed by atoms with Crippen molar-refractivity contribution in [3.8, 4) is 0 Å². The number of aromatic amines is 1. The van der Waals surface area contributed by atoms with Crippen LogP contribution in [0, 0.1) is 0 Å². The molecule has 1 saturated heterocycles. The summed E-state index contributed by atoms with van der Waals surface area (Å²) in [4.78, 5) is 83.0. The topological polar surface area (TPSA) is 218 Å². The van der Waals surface area contributed by atoms with Gasteiger partial charge in [0.15, 0.2) is 16.0 Å². The van der Waals surface area contributed by atoms with E-state index in [0.717, 1.165) is 45.4 Å². The number of aromatic nitrogens is 4. The number of carboxylic acid groups (broad SMARTS) is 1. The maximum atomic E-state index is 13.2. The van der Waals surface area contributed by atoms with E-state index in [1.807, 2.05) is 0 Å². The van der Waals surface area contributed by atoms with Crippen LogP contribution >= 0.6 is 34.9 Å². The first kappa shape index (κ1) is 27.6. The zero-order chi connectivity index (χ0) is 28.6. The largest absolute Gasteiger partial charge is 0.477 e. The molecule has 2 aromatic rings. The zero-order valence-electron chi connectivity index (χ0n) is 20.5. The number of amides is 3. The maximum Gasteiger partial charge on any atom is 0.352 e. The monoisotopic (exact) mass is 608 g/mol. The zero-order valence-corrected chi connectivity index (χ0v) is 22.9.